The smallest absolute Gasteiger partial charge is 0.291 e. The van der Waals surface area contributed by atoms with Crippen LogP contribution in [-0.4, -0.2) is 48.1 Å². The van der Waals surface area contributed by atoms with Gasteiger partial charge < -0.3 is 14.4 Å². The van der Waals surface area contributed by atoms with Crippen molar-refractivity contribution in [2.75, 3.05) is 27.3 Å². The van der Waals surface area contributed by atoms with E-state index in [0.29, 0.717) is 18.9 Å². The van der Waals surface area contributed by atoms with Crippen molar-refractivity contribution in [2.24, 2.45) is 0 Å². The van der Waals surface area contributed by atoms with E-state index in [-0.39, 0.29) is 23.8 Å². The Kier molecular flexibility index (Phi) is 5.50. The second-order valence-electron chi connectivity index (χ2n) is 7.83. The zero-order chi connectivity index (χ0) is 21.1. The summed E-state index contributed by atoms with van der Waals surface area (Å²) < 4.78 is 11.5. The number of carbonyl (C=O) groups is 1. The van der Waals surface area contributed by atoms with Gasteiger partial charge in [-0.3, -0.25) is 4.79 Å². The van der Waals surface area contributed by atoms with Gasteiger partial charge in [0.15, 0.2) is 0 Å². The summed E-state index contributed by atoms with van der Waals surface area (Å²) >= 11 is 0. The fraction of sp³-hybridized carbons (Fsp3) is 0.292. The van der Waals surface area contributed by atoms with Gasteiger partial charge in [-0.1, -0.05) is 42.0 Å². The molecule has 1 aliphatic rings. The van der Waals surface area contributed by atoms with Gasteiger partial charge in [-0.25, -0.2) is 9.97 Å². The lowest BCUT2D eigenvalue weighted by molar-refractivity contribution is -0.0380. The number of aromatic nitrogens is 2. The molecule has 154 valence electrons. The van der Waals surface area contributed by atoms with Gasteiger partial charge in [0.05, 0.1) is 24.3 Å². The van der Waals surface area contributed by atoms with Crippen LogP contribution in [0.25, 0.3) is 0 Å². The van der Waals surface area contributed by atoms with Crippen molar-refractivity contribution in [2.45, 2.75) is 18.9 Å². The van der Waals surface area contributed by atoms with Crippen molar-refractivity contribution in [3.8, 4) is 5.75 Å². The molecule has 1 aliphatic heterocycles. The summed E-state index contributed by atoms with van der Waals surface area (Å²) in [5, 5.41) is 0. The second-order valence-corrected chi connectivity index (χ2v) is 7.83. The molecule has 0 atom stereocenters. The molecule has 6 nitrogen and oxygen atoms in total. The number of rotatable bonds is 6. The first-order valence-electron chi connectivity index (χ1n) is 9.90. The summed E-state index contributed by atoms with van der Waals surface area (Å²) in [5.41, 5.74) is 4.29. The van der Waals surface area contributed by atoms with Crippen LogP contribution in [0.15, 0.2) is 60.8 Å². The van der Waals surface area contributed by atoms with Gasteiger partial charge in [0.25, 0.3) is 5.91 Å². The summed E-state index contributed by atoms with van der Waals surface area (Å²) in [6.07, 6.45) is 1.58. The van der Waals surface area contributed by atoms with E-state index >= 15 is 0 Å². The molecule has 4 rings (SSSR count). The Hall–Kier alpha value is -3.25. The van der Waals surface area contributed by atoms with E-state index in [1.165, 1.54) is 21.6 Å². The predicted octanol–water partition coefficient (Wildman–Crippen LogP) is 3.38. The van der Waals surface area contributed by atoms with Crippen LogP contribution in [0.5, 0.6) is 5.75 Å². The van der Waals surface area contributed by atoms with E-state index < -0.39 is 0 Å². The number of carbonyl (C=O) groups excluding carboxylic acids is 1. The van der Waals surface area contributed by atoms with Gasteiger partial charge in [0.1, 0.15) is 12.4 Å². The van der Waals surface area contributed by atoms with Crippen LogP contribution in [0.1, 0.15) is 33.0 Å². The van der Waals surface area contributed by atoms with E-state index in [4.69, 9.17) is 9.47 Å². The van der Waals surface area contributed by atoms with Crippen molar-refractivity contribution < 1.29 is 14.3 Å². The molecule has 0 radical (unpaired) electrons. The fourth-order valence-electron chi connectivity index (χ4n) is 3.49. The van der Waals surface area contributed by atoms with Crippen molar-refractivity contribution >= 4 is 5.91 Å². The first-order valence-corrected chi connectivity index (χ1v) is 9.90. The molecule has 3 aromatic rings. The molecule has 1 amide bonds. The predicted molar refractivity (Wildman–Crippen MR) is 114 cm³/mol. The molecule has 0 unspecified atom stereocenters. The summed E-state index contributed by atoms with van der Waals surface area (Å²) in [6.45, 7) is 3.72. The lowest BCUT2D eigenvalue weighted by Gasteiger charge is -2.42. The van der Waals surface area contributed by atoms with Crippen LogP contribution in [-0.2, 0) is 16.8 Å². The maximum atomic E-state index is 12.0. The summed E-state index contributed by atoms with van der Waals surface area (Å²) in [7, 11) is 3.35. The minimum absolute atomic E-state index is 0.0969. The number of nitrogens with zero attached hydrogens (tertiary/aromatic N) is 3. The molecule has 0 aliphatic carbocycles. The molecule has 30 heavy (non-hydrogen) atoms. The second kappa shape index (κ2) is 8.24. The number of amides is 1. The highest BCUT2D eigenvalue weighted by molar-refractivity contribution is 5.89. The number of benzene rings is 2. The highest BCUT2D eigenvalue weighted by Gasteiger charge is 2.41. The molecule has 0 saturated carbocycles. The maximum absolute atomic E-state index is 12.0. The van der Waals surface area contributed by atoms with Crippen LogP contribution >= 0.6 is 0 Å². The number of ether oxygens (including phenoxy) is 2. The van der Waals surface area contributed by atoms with E-state index in [9.17, 15) is 4.79 Å². The quantitative estimate of drug-likeness (QED) is 0.631. The SMILES string of the molecule is Cc1ccc(C2(c3ccc(OCc4ccnc(C(=O)N(C)C)n4)cc3)COC2)cc1. The molecular formula is C24H25N3O3. The summed E-state index contributed by atoms with van der Waals surface area (Å²) in [6, 6.07) is 18.5. The molecule has 1 fully saturated rings. The first kappa shape index (κ1) is 20.0. The number of hydrogen-bond donors (Lipinski definition) is 0. The number of aryl methyl sites for hydroxylation is 1. The van der Waals surface area contributed by atoms with E-state index in [1.807, 2.05) is 12.1 Å². The lowest BCUT2D eigenvalue weighted by atomic mass is 9.73. The van der Waals surface area contributed by atoms with Crippen molar-refractivity contribution in [1.29, 1.82) is 0 Å². The third kappa shape index (κ3) is 3.91. The molecule has 6 heteroatoms. The lowest BCUT2D eigenvalue weighted by Crippen LogP contribution is -2.47. The summed E-state index contributed by atoms with van der Waals surface area (Å²) in [4.78, 5) is 21.8. The largest absolute Gasteiger partial charge is 0.487 e. The Morgan fingerprint density at radius 1 is 1.03 bits per heavy atom. The highest BCUT2D eigenvalue weighted by Crippen LogP contribution is 2.39. The Morgan fingerprint density at radius 2 is 1.67 bits per heavy atom. The van der Waals surface area contributed by atoms with Crippen LogP contribution in [0, 0.1) is 6.92 Å². The molecule has 0 spiro atoms. The van der Waals surface area contributed by atoms with Crippen LogP contribution in [0.2, 0.25) is 0 Å². The Morgan fingerprint density at radius 3 is 2.23 bits per heavy atom. The Balaban J connectivity index is 1.46. The van der Waals surface area contributed by atoms with E-state index in [1.54, 1.807) is 26.4 Å². The average Bonchev–Trinajstić information content (AvgIpc) is 2.73. The van der Waals surface area contributed by atoms with Crippen molar-refractivity contribution in [1.82, 2.24) is 14.9 Å². The average molecular weight is 403 g/mol. The van der Waals surface area contributed by atoms with Gasteiger partial charge in [-0.2, -0.15) is 0 Å². The molecule has 1 saturated heterocycles. The number of hydrogen-bond acceptors (Lipinski definition) is 5. The molecule has 2 heterocycles. The highest BCUT2D eigenvalue weighted by atomic mass is 16.5. The normalized spacial score (nSPS) is 14.6. The molecule has 2 aromatic carbocycles. The molecule has 0 bridgehead atoms. The third-order valence-corrected chi connectivity index (χ3v) is 5.41. The van der Waals surface area contributed by atoms with Crippen molar-refractivity contribution in [3.05, 3.63) is 89.0 Å². The summed E-state index contributed by atoms with van der Waals surface area (Å²) in [5.74, 6) is 0.684. The fourth-order valence-corrected chi connectivity index (χ4v) is 3.49. The van der Waals surface area contributed by atoms with Gasteiger partial charge in [0, 0.05) is 20.3 Å². The Bertz CT molecular complexity index is 1030. The van der Waals surface area contributed by atoms with Crippen molar-refractivity contribution in [3.63, 3.8) is 0 Å². The zero-order valence-electron chi connectivity index (χ0n) is 17.5. The molecular weight excluding hydrogens is 378 g/mol. The molecule has 0 N–H and O–H groups in total. The van der Waals surface area contributed by atoms with Crippen LogP contribution in [0.4, 0.5) is 0 Å². The molecule has 1 aromatic heterocycles. The van der Waals surface area contributed by atoms with Gasteiger partial charge in [-0.05, 0) is 36.2 Å². The monoisotopic (exact) mass is 403 g/mol. The van der Waals surface area contributed by atoms with Gasteiger partial charge in [0.2, 0.25) is 5.82 Å². The van der Waals surface area contributed by atoms with Gasteiger partial charge in [-0.15, -0.1) is 0 Å². The Labute approximate surface area is 176 Å². The van der Waals surface area contributed by atoms with E-state index in [2.05, 4.69) is 53.3 Å². The maximum Gasteiger partial charge on any atom is 0.291 e. The first-order chi connectivity index (χ1) is 14.5. The van der Waals surface area contributed by atoms with Crippen LogP contribution < -0.4 is 4.74 Å². The third-order valence-electron chi connectivity index (χ3n) is 5.41. The topological polar surface area (TPSA) is 64.5 Å². The van der Waals surface area contributed by atoms with Gasteiger partial charge >= 0.3 is 0 Å². The van der Waals surface area contributed by atoms with E-state index in [0.717, 1.165) is 5.75 Å². The minimum Gasteiger partial charge on any atom is -0.487 e. The standard InChI is InChI=1S/C24H25N3O3/c1-17-4-6-18(7-5-17)24(15-29-16-24)19-8-10-21(11-9-19)30-14-20-12-13-25-22(26-20)23(28)27(2)3/h4-13H,14-16H2,1-3H3. The van der Waals surface area contributed by atoms with Crippen LogP contribution in [0.3, 0.4) is 0 Å². The zero-order valence-corrected chi connectivity index (χ0v) is 17.5. The minimum atomic E-state index is -0.231.